The van der Waals surface area contributed by atoms with Crippen LogP contribution in [0.3, 0.4) is 0 Å². The predicted octanol–water partition coefficient (Wildman–Crippen LogP) is 2.53. The van der Waals surface area contributed by atoms with Crippen molar-refractivity contribution < 1.29 is 31.1 Å². The lowest BCUT2D eigenvalue weighted by molar-refractivity contribution is -0.274. The van der Waals surface area contributed by atoms with E-state index < -0.39 is 16.4 Å². The molecule has 1 saturated heterocycles. The summed E-state index contributed by atoms with van der Waals surface area (Å²) in [6.45, 7) is 0.625. The molecule has 1 fully saturated rings. The number of halogens is 3. The van der Waals surface area contributed by atoms with E-state index in [2.05, 4.69) is 9.72 Å². The summed E-state index contributed by atoms with van der Waals surface area (Å²) < 4.78 is 73.8. The lowest BCUT2D eigenvalue weighted by atomic mass is 10.1. The number of sulfonamides is 1. The summed E-state index contributed by atoms with van der Waals surface area (Å²) in [6, 6.07) is 5.11. The largest absolute Gasteiger partial charge is 0.573 e. The SMILES string of the molecule is CN(C)S(=O)(=O)C[C@H]1COC[C@H]1n1ccnc1-c1ccc(OC(F)(F)F)cc1. The summed E-state index contributed by atoms with van der Waals surface area (Å²) in [5.41, 5.74) is 0.584. The van der Waals surface area contributed by atoms with Gasteiger partial charge in [-0.1, -0.05) is 0 Å². The van der Waals surface area contributed by atoms with E-state index in [0.29, 0.717) is 24.6 Å². The molecule has 2 atom stereocenters. The standard InChI is InChI=1S/C17H20F3N3O4S/c1-22(2)28(24,25)11-13-9-26-10-15(13)23-8-7-21-16(23)12-3-5-14(6-4-12)27-17(18,19)20/h3-8,13,15H,9-11H2,1-2H3/t13-,15-/m1/s1. The van der Waals surface area contributed by atoms with Crippen molar-refractivity contribution in [3.05, 3.63) is 36.7 Å². The molecule has 2 heterocycles. The number of hydrogen-bond donors (Lipinski definition) is 0. The number of ether oxygens (including phenoxy) is 2. The normalized spacial score (nSPS) is 20.6. The molecule has 0 spiro atoms. The smallest absolute Gasteiger partial charge is 0.406 e. The van der Waals surface area contributed by atoms with Crippen LogP contribution >= 0.6 is 0 Å². The predicted molar refractivity (Wildman–Crippen MR) is 95.2 cm³/mol. The highest BCUT2D eigenvalue weighted by atomic mass is 32.2. The van der Waals surface area contributed by atoms with Crippen molar-refractivity contribution in [1.82, 2.24) is 13.9 Å². The van der Waals surface area contributed by atoms with Crippen LogP contribution in [0.2, 0.25) is 0 Å². The van der Waals surface area contributed by atoms with Crippen molar-refractivity contribution in [1.29, 1.82) is 0 Å². The molecular weight excluding hydrogens is 399 g/mol. The molecule has 154 valence electrons. The van der Waals surface area contributed by atoms with Gasteiger partial charge in [0.25, 0.3) is 0 Å². The van der Waals surface area contributed by atoms with E-state index in [1.807, 2.05) is 4.57 Å². The Morgan fingerprint density at radius 2 is 1.93 bits per heavy atom. The Labute approximate surface area is 160 Å². The van der Waals surface area contributed by atoms with Gasteiger partial charge in [0.2, 0.25) is 10.0 Å². The molecule has 0 N–H and O–H groups in total. The van der Waals surface area contributed by atoms with Crippen LogP contribution in [0.1, 0.15) is 6.04 Å². The maximum atomic E-state index is 12.3. The maximum absolute atomic E-state index is 12.3. The van der Waals surface area contributed by atoms with Gasteiger partial charge in [-0.2, -0.15) is 0 Å². The monoisotopic (exact) mass is 419 g/mol. The third-order valence-electron chi connectivity index (χ3n) is 4.52. The fraction of sp³-hybridized carbons (Fsp3) is 0.471. The molecule has 0 bridgehead atoms. The van der Waals surface area contributed by atoms with Gasteiger partial charge in [0, 0.05) is 38.0 Å². The minimum absolute atomic E-state index is 0.0688. The van der Waals surface area contributed by atoms with E-state index in [-0.39, 0.29) is 23.5 Å². The third kappa shape index (κ3) is 4.65. The van der Waals surface area contributed by atoms with Crippen molar-refractivity contribution in [2.24, 2.45) is 5.92 Å². The number of imidazole rings is 1. The molecule has 0 aliphatic carbocycles. The van der Waals surface area contributed by atoms with Gasteiger partial charge in [-0.05, 0) is 24.3 Å². The molecule has 0 unspecified atom stereocenters. The van der Waals surface area contributed by atoms with Crippen LogP contribution in [-0.4, -0.2) is 61.7 Å². The summed E-state index contributed by atoms with van der Waals surface area (Å²) in [5.74, 6) is -0.149. The zero-order valence-corrected chi connectivity index (χ0v) is 16.1. The second-order valence-corrected chi connectivity index (χ2v) is 8.88. The molecule has 1 aromatic carbocycles. The highest BCUT2D eigenvalue weighted by Gasteiger charge is 2.35. The van der Waals surface area contributed by atoms with E-state index in [4.69, 9.17) is 4.74 Å². The Morgan fingerprint density at radius 1 is 1.25 bits per heavy atom. The molecule has 1 aromatic heterocycles. The second kappa shape index (κ2) is 7.72. The first-order chi connectivity index (χ1) is 13.1. The molecule has 0 amide bonds. The van der Waals surface area contributed by atoms with Gasteiger partial charge in [0.1, 0.15) is 11.6 Å². The number of nitrogens with zero attached hydrogens (tertiary/aromatic N) is 3. The first-order valence-corrected chi connectivity index (χ1v) is 10.0. The van der Waals surface area contributed by atoms with Crippen LogP contribution in [0, 0.1) is 5.92 Å². The van der Waals surface area contributed by atoms with Gasteiger partial charge >= 0.3 is 6.36 Å². The number of rotatable bonds is 6. The Bertz CT molecular complexity index is 910. The fourth-order valence-electron chi connectivity index (χ4n) is 3.08. The molecule has 28 heavy (non-hydrogen) atoms. The highest BCUT2D eigenvalue weighted by molar-refractivity contribution is 7.89. The Hall–Kier alpha value is -2.11. The number of aromatic nitrogens is 2. The highest BCUT2D eigenvalue weighted by Crippen LogP contribution is 2.32. The molecule has 3 rings (SSSR count). The van der Waals surface area contributed by atoms with E-state index in [0.717, 1.165) is 0 Å². The van der Waals surface area contributed by atoms with Gasteiger partial charge in [-0.3, -0.25) is 0 Å². The first kappa shape index (κ1) is 20.6. The van der Waals surface area contributed by atoms with Crippen molar-refractivity contribution in [3.63, 3.8) is 0 Å². The second-order valence-electron chi connectivity index (χ2n) is 6.66. The van der Waals surface area contributed by atoms with E-state index >= 15 is 0 Å². The van der Waals surface area contributed by atoms with E-state index in [9.17, 15) is 21.6 Å². The Morgan fingerprint density at radius 3 is 2.54 bits per heavy atom. The van der Waals surface area contributed by atoms with E-state index in [1.54, 1.807) is 12.4 Å². The number of hydrogen-bond acceptors (Lipinski definition) is 5. The zero-order chi connectivity index (χ0) is 20.5. The maximum Gasteiger partial charge on any atom is 0.573 e. The van der Waals surface area contributed by atoms with Crippen molar-refractivity contribution >= 4 is 10.0 Å². The van der Waals surface area contributed by atoms with E-state index in [1.165, 1.54) is 42.7 Å². The molecule has 2 aromatic rings. The minimum atomic E-state index is -4.76. The lowest BCUT2D eigenvalue weighted by Gasteiger charge is -2.22. The van der Waals surface area contributed by atoms with Gasteiger partial charge < -0.3 is 14.0 Å². The number of alkyl halides is 3. The average Bonchev–Trinajstić information content (AvgIpc) is 3.22. The average molecular weight is 419 g/mol. The van der Waals surface area contributed by atoms with Crippen LogP contribution in [0.15, 0.2) is 36.7 Å². The zero-order valence-electron chi connectivity index (χ0n) is 15.3. The topological polar surface area (TPSA) is 73.7 Å². The summed E-state index contributed by atoms with van der Waals surface area (Å²) in [7, 11) is -0.451. The molecule has 7 nitrogen and oxygen atoms in total. The summed E-state index contributed by atoms with van der Waals surface area (Å²) in [4.78, 5) is 4.29. The molecular formula is C17H20F3N3O4S. The summed E-state index contributed by atoms with van der Waals surface area (Å²) >= 11 is 0. The van der Waals surface area contributed by atoms with Gasteiger partial charge in [0.15, 0.2) is 0 Å². The third-order valence-corrected chi connectivity index (χ3v) is 6.48. The molecule has 1 aliphatic heterocycles. The van der Waals surface area contributed by atoms with Crippen LogP contribution in [-0.2, 0) is 14.8 Å². The Kier molecular flexibility index (Phi) is 5.69. The van der Waals surface area contributed by atoms with Crippen molar-refractivity contribution in [2.45, 2.75) is 12.4 Å². The fourth-order valence-corrected chi connectivity index (χ4v) is 4.24. The van der Waals surface area contributed by atoms with Gasteiger partial charge in [0.05, 0.1) is 25.0 Å². The minimum Gasteiger partial charge on any atom is -0.406 e. The van der Waals surface area contributed by atoms with Crippen molar-refractivity contribution in [3.8, 4) is 17.1 Å². The lowest BCUT2D eigenvalue weighted by Crippen LogP contribution is -2.32. The quantitative estimate of drug-likeness (QED) is 0.720. The first-order valence-electron chi connectivity index (χ1n) is 8.44. The van der Waals surface area contributed by atoms with Crippen LogP contribution in [0.5, 0.6) is 5.75 Å². The molecule has 0 saturated carbocycles. The molecule has 11 heteroatoms. The number of benzene rings is 1. The van der Waals surface area contributed by atoms with Crippen LogP contribution in [0.4, 0.5) is 13.2 Å². The van der Waals surface area contributed by atoms with Crippen LogP contribution in [0.25, 0.3) is 11.4 Å². The molecule has 0 radical (unpaired) electrons. The van der Waals surface area contributed by atoms with Crippen molar-refractivity contribution in [2.75, 3.05) is 33.1 Å². The van der Waals surface area contributed by atoms with Gasteiger partial charge in [-0.15, -0.1) is 13.2 Å². The summed E-state index contributed by atoms with van der Waals surface area (Å²) in [6.07, 6.45) is -1.48. The van der Waals surface area contributed by atoms with Crippen LogP contribution < -0.4 is 4.74 Å². The Balaban J connectivity index is 1.83. The summed E-state index contributed by atoms with van der Waals surface area (Å²) in [5, 5.41) is 0. The van der Waals surface area contributed by atoms with Gasteiger partial charge in [-0.25, -0.2) is 17.7 Å². The molecule has 1 aliphatic rings.